The fraction of sp³-hybridized carbons (Fsp3) is 0.867. The van der Waals surface area contributed by atoms with Gasteiger partial charge in [-0.1, -0.05) is 39.5 Å². The second-order valence-corrected chi connectivity index (χ2v) is 5.53. The summed E-state index contributed by atoms with van der Waals surface area (Å²) in [5, 5.41) is 26.7. The van der Waals surface area contributed by atoms with Gasteiger partial charge in [0, 0.05) is 0 Å². The third-order valence-corrected chi connectivity index (χ3v) is 3.23. The van der Waals surface area contributed by atoms with E-state index < -0.39 is 11.1 Å². The molecule has 2 atom stereocenters. The van der Waals surface area contributed by atoms with Gasteiger partial charge in [-0.05, 0) is 33.1 Å². The van der Waals surface area contributed by atoms with Gasteiger partial charge in [0.2, 0.25) is 0 Å². The van der Waals surface area contributed by atoms with Crippen molar-refractivity contribution in [3.8, 4) is 12.1 Å². The average molecular weight is 262 g/mol. The first kappa shape index (κ1) is 17.6. The normalized spacial score (nSPS) is 17.4. The van der Waals surface area contributed by atoms with Gasteiger partial charge >= 0.3 is 0 Å². The molecule has 0 fully saturated rings. The van der Waals surface area contributed by atoms with Gasteiger partial charge in [-0.25, -0.2) is 0 Å². The number of rotatable bonds is 9. The Morgan fingerprint density at radius 2 is 1.32 bits per heavy atom. The molecule has 0 rings (SSSR count). The number of nitriles is 2. The van der Waals surface area contributed by atoms with Gasteiger partial charge in [-0.3, -0.25) is 0 Å². The standard InChI is InChI=1S/C15H26N4/c1-5-7-8-9-11-15(4,13-17)19-18-14(3,12-16)10-6-2/h5-11H2,1-4H3. The Labute approximate surface area is 117 Å². The van der Waals surface area contributed by atoms with E-state index in [4.69, 9.17) is 5.26 Å². The molecule has 0 saturated heterocycles. The van der Waals surface area contributed by atoms with E-state index in [0.29, 0.717) is 12.8 Å². The molecule has 0 aliphatic rings. The molecule has 0 aliphatic heterocycles. The first-order chi connectivity index (χ1) is 8.95. The summed E-state index contributed by atoms with van der Waals surface area (Å²) < 4.78 is 0. The molecule has 0 amide bonds. The molecule has 106 valence electrons. The topological polar surface area (TPSA) is 72.3 Å². The van der Waals surface area contributed by atoms with E-state index in [9.17, 15) is 5.26 Å². The quantitative estimate of drug-likeness (QED) is 0.443. The molecule has 0 saturated carbocycles. The predicted molar refractivity (Wildman–Crippen MR) is 76.6 cm³/mol. The van der Waals surface area contributed by atoms with Crippen LogP contribution < -0.4 is 0 Å². The van der Waals surface area contributed by atoms with Crippen LogP contribution in [0.2, 0.25) is 0 Å². The highest BCUT2D eigenvalue weighted by Crippen LogP contribution is 2.24. The van der Waals surface area contributed by atoms with Gasteiger partial charge in [-0.15, -0.1) is 0 Å². The Morgan fingerprint density at radius 1 is 0.789 bits per heavy atom. The summed E-state index contributed by atoms with van der Waals surface area (Å²) >= 11 is 0. The monoisotopic (exact) mass is 262 g/mol. The molecule has 0 heterocycles. The van der Waals surface area contributed by atoms with E-state index in [1.807, 2.05) is 6.92 Å². The fourth-order valence-corrected chi connectivity index (χ4v) is 1.86. The van der Waals surface area contributed by atoms with Crippen molar-refractivity contribution in [1.82, 2.24) is 0 Å². The van der Waals surface area contributed by atoms with Crippen molar-refractivity contribution in [2.45, 2.75) is 83.7 Å². The molecule has 0 N–H and O–H groups in total. The third kappa shape index (κ3) is 6.91. The van der Waals surface area contributed by atoms with Crippen LogP contribution in [0.3, 0.4) is 0 Å². The van der Waals surface area contributed by atoms with Crippen LogP contribution in [0.1, 0.15) is 72.6 Å². The molecule has 19 heavy (non-hydrogen) atoms. The van der Waals surface area contributed by atoms with E-state index in [0.717, 1.165) is 19.3 Å². The summed E-state index contributed by atoms with van der Waals surface area (Å²) in [4.78, 5) is 0. The molecule has 2 unspecified atom stereocenters. The van der Waals surface area contributed by atoms with E-state index in [-0.39, 0.29) is 0 Å². The van der Waals surface area contributed by atoms with Gasteiger partial charge in [0.1, 0.15) is 0 Å². The van der Waals surface area contributed by atoms with Gasteiger partial charge in [-0.2, -0.15) is 20.8 Å². The highest BCUT2D eigenvalue weighted by molar-refractivity contribution is 5.07. The van der Waals surface area contributed by atoms with Crippen molar-refractivity contribution in [3.05, 3.63) is 0 Å². The predicted octanol–water partition coefficient (Wildman–Crippen LogP) is 4.77. The summed E-state index contributed by atoms with van der Waals surface area (Å²) in [5.74, 6) is 0. The van der Waals surface area contributed by atoms with Crippen molar-refractivity contribution in [3.63, 3.8) is 0 Å². The number of hydrogen-bond donors (Lipinski definition) is 0. The van der Waals surface area contributed by atoms with Gasteiger partial charge in [0.05, 0.1) is 12.1 Å². The molecule has 0 aliphatic carbocycles. The summed E-state index contributed by atoms with van der Waals surface area (Å²) in [5.41, 5.74) is -1.59. The van der Waals surface area contributed by atoms with Crippen LogP contribution >= 0.6 is 0 Å². The van der Waals surface area contributed by atoms with E-state index >= 15 is 0 Å². The second kappa shape index (κ2) is 8.64. The molecule has 0 spiro atoms. The molecule has 4 nitrogen and oxygen atoms in total. The lowest BCUT2D eigenvalue weighted by Gasteiger charge is -2.19. The molecule has 0 aromatic carbocycles. The maximum atomic E-state index is 9.25. The first-order valence-corrected chi connectivity index (χ1v) is 7.22. The zero-order valence-electron chi connectivity index (χ0n) is 12.7. The average Bonchev–Trinajstić information content (AvgIpc) is 2.42. The van der Waals surface area contributed by atoms with Crippen LogP contribution in [0, 0.1) is 22.7 Å². The molecule has 0 aromatic rings. The maximum absolute atomic E-state index is 9.25. The number of hydrogen-bond acceptors (Lipinski definition) is 4. The minimum absolute atomic E-state index is 0.671. The van der Waals surface area contributed by atoms with Crippen molar-refractivity contribution < 1.29 is 0 Å². The lowest BCUT2D eigenvalue weighted by atomic mass is 9.96. The van der Waals surface area contributed by atoms with E-state index in [1.54, 1.807) is 13.8 Å². The summed E-state index contributed by atoms with van der Waals surface area (Å²) in [6.07, 6.45) is 6.72. The van der Waals surface area contributed by atoms with Crippen LogP contribution in [0.5, 0.6) is 0 Å². The lowest BCUT2D eigenvalue weighted by Crippen LogP contribution is -2.23. The Balaban J connectivity index is 4.60. The summed E-state index contributed by atoms with van der Waals surface area (Å²) in [6.45, 7) is 7.74. The van der Waals surface area contributed by atoms with Crippen molar-refractivity contribution >= 4 is 0 Å². The summed E-state index contributed by atoms with van der Waals surface area (Å²) in [7, 11) is 0. The Bertz CT molecular complexity index is 363. The van der Waals surface area contributed by atoms with Gasteiger partial charge in [0.15, 0.2) is 11.1 Å². The van der Waals surface area contributed by atoms with Crippen molar-refractivity contribution in [1.29, 1.82) is 10.5 Å². The van der Waals surface area contributed by atoms with Crippen LogP contribution in [0.25, 0.3) is 0 Å². The minimum Gasteiger partial charge on any atom is -0.196 e. The van der Waals surface area contributed by atoms with Gasteiger partial charge in [0.25, 0.3) is 0 Å². The van der Waals surface area contributed by atoms with Crippen LogP contribution in [-0.2, 0) is 0 Å². The number of azo groups is 1. The SMILES string of the molecule is CCCCCCC(C)(C#N)N=NC(C)(C#N)CCC. The smallest absolute Gasteiger partial charge is 0.164 e. The number of unbranched alkanes of at least 4 members (excludes halogenated alkanes) is 3. The lowest BCUT2D eigenvalue weighted by molar-refractivity contribution is 0.434. The zero-order valence-corrected chi connectivity index (χ0v) is 12.7. The molecule has 0 bridgehead atoms. The fourth-order valence-electron chi connectivity index (χ4n) is 1.86. The van der Waals surface area contributed by atoms with Crippen molar-refractivity contribution in [2.75, 3.05) is 0 Å². The van der Waals surface area contributed by atoms with Crippen LogP contribution in [0.15, 0.2) is 10.2 Å². The molecule has 0 radical (unpaired) electrons. The second-order valence-electron chi connectivity index (χ2n) is 5.53. The molecular weight excluding hydrogens is 236 g/mol. The molecule has 0 aromatic heterocycles. The Morgan fingerprint density at radius 3 is 1.74 bits per heavy atom. The van der Waals surface area contributed by atoms with Crippen molar-refractivity contribution in [2.24, 2.45) is 10.2 Å². The number of nitrogens with zero attached hydrogens (tertiary/aromatic N) is 4. The maximum Gasteiger partial charge on any atom is 0.164 e. The third-order valence-electron chi connectivity index (χ3n) is 3.23. The summed E-state index contributed by atoms with van der Waals surface area (Å²) in [6, 6.07) is 4.41. The van der Waals surface area contributed by atoms with E-state index in [1.165, 1.54) is 12.8 Å². The van der Waals surface area contributed by atoms with Gasteiger partial charge < -0.3 is 0 Å². The largest absolute Gasteiger partial charge is 0.196 e. The zero-order chi connectivity index (χ0) is 14.8. The van der Waals surface area contributed by atoms with Crippen LogP contribution in [-0.4, -0.2) is 11.1 Å². The minimum atomic E-state index is -0.795. The molecule has 4 heteroatoms. The molecular formula is C15H26N4. The van der Waals surface area contributed by atoms with Crippen LogP contribution in [0.4, 0.5) is 0 Å². The highest BCUT2D eigenvalue weighted by Gasteiger charge is 2.27. The first-order valence-electron chi connectivity index (χ1n) is 7.22. The highest BCUT2D eigenvalue weighted by atomic mass is 15.2. The van der Waals surface area contributed by atoms with E-state index in [2.05, 4.69) is 29.3 Å². The Kier molecular flexibility index (Phi) is 8.00. The Hall–Kier alpha value is -1.42.